The zero-order chi connectivity index (χ0) is 31.4. The van der Waals surface area contributed by atoms with E-state index >= 15 is 0 Å². The summed E-state index contributed by atoms with van der Waals surface area (Å²) in [5, 5.41) is 9.64. The van der Waals surface area contributed by atoms with Gasteiger partial charge in [-0.25, -0.2) is 19.7 Å². The number of aryl methyl sites for hydroxylation is 1. The molecule has 0 aliphatic heterocycles. The summed E-state index contributed by atoms with van der Waals surface area (Å²) < 4.78 is 52.0. The molecule has 14 heteroatoms. The number of hydrogen-bond acceptors (Lipinski definition) is 9. The number of nitrogens with zero attached hydrogens (tertiary/aromatic N) is 4. The van der Waals surface area contributed by atoms with Crippen LogP contribution in [0, 0.1) is 6.92 Å². The van der Waals surface area contributed by atoms with Gasteiger partial charge in [0.25, 0.3) is 0 Å². The first kappa shape index (κ1) is 30.8. The first-order chi connectivity index (χ1) is 21.0. The number of carbonyl (C=O) groups excluding carboxylic acids is 1. The molecule has 0 aliphatic carbocycles. The van der Waals surface area contributed by atoms with E-state index in [-0.39, 0.29) is 11.3 Å². The number of amides is 2. The quantitative estimate of drug-likeness (QED) is 0.139. The number of methoxy groups -OCH3 is 1. The molecule has 44 heavy (non-hydrogen) atoms. The van der Waals surface area contributed by atoms with Gasteiger partial charge < -0.3 is 30.3 Å². The first-order valence-corrected chi connectivity index (χ1v) is 14.4. The predicted octanol–water partition coefficient (Wildman–Crippen LogP) is 7.29. The molecule has 5 aromatic rings. The second-order valence-corrected chi connectivity index (χ2v) is 11.2. The molecule has 0 atom stereocenters. The molecule has 2 heterocycles. The maximum Gasteiger partial charge on any atom is 0.416 e. The van der Waals surface area contributed by atoms with Crippen molar-refractivity contribution in [3.63, 3.8) is 0 Å². The highest BCUT2D eigenvalue weighted by Crippen LogP contribution is 2.37. The number of thiazole rings is 1. The molecule has 0 unspecified atom stereocenters. The molecule has 3 N–H and O–H groups in total. The molecule has 0 bridgehead atoms. The highest BCUT2D eigenvalue weighted by atomic mass is 32.1. The van der Waals surface area contributed by atoms with Crippen LogP contribution in [-0.2, 0) is 6.18 Å². The fourth-order valence-electron chi connectivity index (χ4n) is 4.45. The molecule has 0 aliphatic rings. The lowest BCUT2D eigenvalue weighted by molar-refractivity contribution is -0.138. The Morgan fingerprint density at radius 3 is 2.45 bits per heavy atom. The lowest BCUT2D eigenvalue weighted by Crippen LogP contribution is -2.20. The number of urea groups is 1. The molecule has 10 nitrogen and oxygen atoms in total. The van der Waals surface area contributed by atoms with Gasteiger partial charge >= 0.3 is 12.2 Å². The predicted molar refractivity (Wildman–Crippen MR) is 166 cm³/mol. The Morgan fingerprint density at radius 2 is 1.73 bits per heavy atom. The fourth-order valence-corrected chi connectivity index (χ4v) is 5.36. The Hall–Kier alpha value is -4.69. The van der Waals surface area contributed by atoms with Crippen LogP contribution in [0.1, 0.15) is 17.5 Å². The number of benzene rings is 3. The SMILES string of the molecule is COc1cc2c(Nc3nc4ccc(NC(=O)Nc5ccc(C)c(C(F)(F)F)c5)cc4s3)ncnc2cc1OCCCN(C)C. The largest absolute Gasteiger partial charge is 0.493 e. The third-order valence-electron chi connectivity index (χ3n) is 6.60. The Labute approximate surface area is 255 Å². The van der Waals surface area contributed by atoms with Crippen LogP contribution < -0.4 is 25.4 Å². The van der Waals surface area contributed by atoms with Crippen LogP contribution in [0.5, 0.6) is 11.5 Å². The molecule has 5 rings (SSSR count). The molecular formula is C30H30F3N7O3S. The van der Waals surface area contributed by atoms with Crippen LogP contribution in [0.4, 0.5) is 40.3 Å². The van der Waals surface area contributed by atoms with Crippen LogP contribution in [0.15, 0.2) is 54.9 Å². The minimum atomic E-state index is -4.52. The Morgan fingerprint density at radius 1 is 0.977 bits per heavy atom. The van der Waals surface area contributed by atoms with Crippen LogP contribution in [0.25, 0.3) is 21.1 Å². The van der Waals surface area contributed by atoms with Crippen molar-refractivity contribution in [1.29, 1.82) is 0 Å². The number of fused-ring (bicyclic) bond motifs is 2. The molecule has 0 fully saturated rings. The van der Waals surface area contributed by atoms with Crippen LogP contribution in [0.3, 0.4) is 0 Å². The van der Waals surface area contributed by atoms with Gasteiger partial charge in [-0.1, -0.05) is 17.4 Å². The summed E-state index contributed by atoms with van der Waals surface area (Å²) >= 11 is 1.34. The molecule has 2 aromatic heterocycles. The number of aromatic nitrogens is 3. The molecule has 0 saturated carbocycles. The van der Waals surface area contributed by atoms with Crippen molar-refractivity contribution in [1.82, 2.24) is 19.9 Å². The van der Waals surface area contributed by atoms with Crippen molar-refractivity contribution >= 4 is 60.8 Å². The molecule has 2 amide bonds. The van der Waals surface area contributed by atoms with Gasteiger partial charge in [-0.3, -0.25) is 0 Å². The molecule has 3 aromatic carbocycles. The average molecular weight is 626 g/mol. The molecule has 230 valence electrons. The van der Waals surface area contributed by atoms with E-state index in [0.29, 0.717) is 51.2 Å². The number of rotatable bonds is 10. The van der Waals surface area contributed by atoms with Crippen molar-refractivity contribution in [3.05, 3.63) is 66.0 Å². The highest BCUT2D eigenvalue weighted by molar-refractivity contribution is 7.22. The number of carbonyl (C=O) groups is 1. The van der Waals surface area contributed by atoms with E-state index in [0.717, 1.165) is 23.7 Å². The van der Waals surface area contributed by atoms with Crippen LogP contribution >= 0.6 is 11.3 Å². The normalized spacial score (nSPS) is 11.6. The minimum Gasteiger partial charge on any atom is -0.493 e. The fraction of sp³-hybridized carbons (Fsp3) is 0.267. The van der Waals surface area contributed by atoms with Crippen molar-refractivity contribution in [2.45, 2.75) is 19.5 Å². The van der Waals surface area contributed by atoms with Crippen LogP contribution in [-0.4, -0.2) is 60.2 Å². The summed E-state index contributed by atoms with van der Waals surface area (Å²) in [5.41, 5.74) is 1.09. The van der Waals surface area contributed by atoms with Gasteiger partial charge in [-0.05, 0) is 69.4 Å². The standard InChI is InChI=1S/C30H30F3N7O3S/c1-17-6-7-18(12-21(17)30(31,32)33)36-28(41)37-19-8-9-22-26(13-19)44-29(38-22)39-27-20-14-24(42-4)25(15-23(20)34-16-35-27)43-11-5-10-40(2)3/h6-9,12-16H,5,10-11H2,1-4H3,(H2,36,37,41)(H,34,35,38,39). The summed E-state index contributed by atoms with van der Waals surface area (Å²) in [5.74, 6) is 1.68. The van der Waals surface area contributed by atoms with E-state index in [9.17, 15) is 18.0 Å². The zero-order valence-corrected chi connectivity index (χ0v) is 25.2. The van der Waals surface area contributed by atoms with Gasteiger partial charge in [0.1, 0.15) is 12.1 Å². The van der Waals surface area contributed by atoms with E-state index in [4.69, 9.17) is 9.47 Å². The Kier molecular flexibility index (Phi) is 9.01. The summed E-state index contributed by atoms with van der Waals surface area (Å²) in [4.78, 5) is 28.1. The minimum absolute atomic E-state index is 0.0301. The van der Waals surface area contributed by atoms with Gasteiger partial charge in [-0.15, -0.1) is 0 Å². The van der Waals surface area contributed by atoms with Gasteiger partial charge in [0.2, 0.25) is 0 Å². The maximum absolute atomic E-state index is 13.2. The van der Waals surface area contributed by atoms with Gasteiger partial charge in [-0.2, -0.15) is 13.2 Å². The molecule has 0 spiro atoms. The maximum atomic E-state index is 13.2. The van der Waals surface area contributed by atoms with Crippen molar-refractivity contribution in [2.75, 3.05) is 50.3 Å². The number of alkyl halides is 3. The number of hydrogen-bond donors (Lipinski definition) is 3. The molecule has 0 radical (unpaired) electrons. The second-order valence-electron chi connectivity index (χ2n) is 10.2. The van der Waals surface area contributed by atoms with Crippen molar-refractivity contribution in [2.24, 2.45) is 0 Å². The van der Waals surface area contributed by atoms with Gasteiger partial charge in [0, 0.05) is 29.4 Å². The topological polar surface area (TPSA) is 114 Å². The third kappa shape index (κ3) is 7.26. The number of ether oxygens (including phenoxy) is 2. The second kappa shape index (κ2) is 12.9. The molecular weight excluding hydrogens is 595 g/mol. The summed E-state index contributed by atoms with van der Waals surface area (Å²) in [6.07, 6.45) is -2.21. The highest BCUT2D eigenvalue weighted by Gasteiger charge is 2.32. The third-order valence-corrected chi connectivity index (χ3v) is 7.53. The number of halogens is 3. The van der Waals surface area contributed by atoms with E-state index in [2.05, 4.69) is 35.8 Å². The number of anilines is 4. The molecule has 0 saturated heterocycles. The lowest BCUT2D eigenvalue weighted by Gasteiger charge is -2.14. The Bertz CT molecular complexity index is 1810. The van der Waals surface area contributed by atoms with Crippen molar-refractivity contribution in [3.8, 4) is 11.5 Å². The lowest BCUT2D eigenvalue weighted by atomic mass is 10.1. The van der Waals surface area contributed by atoms with Crippen LogP contribution in [0.2, 0.25) is 0 Å². The van der Waals surface area contributed by atoms with Gasteiger partial charge in [0.05, 0.1) is 35.0 Å². The summed E-state index contributed by atoms with van der Waals surface area (Å²) in [6.45, 7) is 2.80. The van der Waals surface area contributed by atoms with E-state index in [1.165, 1.54) is 36.7 Å². The summed E-state index contributed by atoms with van der Waals surface area (Å²) in [7, 11) is 5.59. The first-order valence-electron chi connectivity index (χ1n) is 13.5. The van der Waals surface area contributed by atoms with Gasteiger partial charge in [0.15, 0.2) is 16.6 Å². The van der Waals surface area contributed by atoms with Crippen molar-refractivity contribution < 1.29 is 27.4 Å². The average Bonchev–Trinajstić information content (AvgIpc) is 3.37. The smallest absolute Gasteiger partial charge is 0.416 e. The van der Waals surface area contributed by atoms with E-state index < -0.39 is 17.8 Å². The monoisotopic (exact) mass is 625 g/mol. The summed E-state index contributed by atoms with van der Waals surface area (Å²) in [6, 6.07) is 11.7. The Balaban J connectivity index is 1.30. The zero-order valence-electron chi connectivity index (χ0n) is 24.4. The van der Waals surface area contributed by atoms with E-state index in [1.807, 2.05) is 26.2 Å². The van der Waals surface area contributed by atoms with E-state index in [1.54, 1.807) is 25.3 Å². The number of nitrogens with one attached hydrogen (secondary N) is 3.